The number of hydrogen-bond acceptors (Lipinski definition) is 5. The number of rotatable bonds is 6. The predicted octanol–water partition coefficient (Wildman–Crippen LogP) is 5.89. The summed E-state index contributed by atoms with van der Waals surface area (Å²) in [6.45, 7) is 3.42. The molecule has 0 saturated carbocycles. The third kappa shape index (κ3) is 4.73. The molecule has 0 amide bonds. The van der Waals surface area contributed by atoms with Crippen molar-refractivity contribution in [2.24, 2.45) is 0 Å². The summed E-state index contributed by atoms with van der Waals surface area (Å²) < 4.78 is 35.4. The van der Waals surface area contributed by atoms with Crippen molar-refractivity contribution in [2.75, 3.05) is 0 Å². The molecule has 0 unspecified atom stereocenters. The number of fused-ring (bicyclic) bond motifs is 1. The van der Waals surface area contributed by atoms with E-state index in [1.54, 1.807) is 56.6 Å². The summed E-state index contributed by atoms with van der Waals surface area (Å²) in [4.78, 5) is 35.0. The van der Waals surface area contributed by atoms with Gasteiger partial charge in [-0.15, -0.1) is 0 Å². The molecular formula is C29H21F2N3O3. The van der Waals surface area contributed by atoms with Gasteiger partial charge in [-0.25, -0.2) is 8.78 Å². The van der Waals surface area contributed by atoms with Crippen LogP contribution in [0.25, 0.3) is 16.7 Å². The molecule has 184 valence electrons. The van der Waals surface area contributed by atoms with E-state index in [9.17, 15) is 18.4 Å². The van der Waals surface area contributed by atoms with Gasteiger partial charge in [-0.05, 0) is 79.6 Å². The number of Topliss-reactive ketones (excluding diaryl/α,β-unsaturated/α-hetero) is 1. The van der Waals surface area contributed by atoms with E-state index in [1.165, 1.54) is 41.0 Å². The molecule has 0 aliphatic rings. The van der Waals surface area contributed by atoms with E-state index in [2.05, 4.69) is 9.97 Å². The number of ether oxygens (including phenoxy) is 1. The molecule has 0 saturated heterocycles. The van der Waals surface area contributed by atoms with Crippen LogP contribution in [0.2, 0.25) is 0 Å². The first kappa shape index (κ1) is 24.0. The number of benzene rings is 2. The Morgan fingerprint density at radius 1 is 0.919 bits per heavy atom. The molecule has 3 heterocycles. The van der Waals surface area contributed by atoms with Gasteiger partial charge in [-0.2, -0.15) is 0 Å². The van der Waals surface area contributed by atoms with Crippen LogP contribution in [0.3, 0.4) is 0 Å². The van der Waals surface area contributed by atoms with Crippen molar-refractivity contribution < 1.29 is 18.3 Å². The van der Waals surface area contributed by atoms with Gasteiger partial charge in [0.2, 0.25) is 0 Å². The first-order valence-corrected chi connectivity index (χ1v) is 11.5. The molecule has 6 nitrogen and oxygen atoms in total. The minimum Gasteiger partial charge on any atom is -0.452 e. The summed E-state index contributed by atoms with van der Waals surface area (Å²) in [5.74, 6) is -1.21. The summed E-state index contributed by atoms with van der Waals surface area (Å²) in [5, 5.41) is 0. The van der Waals surface area contributed by atoms with E-state index >= 15 is 0 Å². The maximum atomic E-state index is 14.9. The zero-order valence-electron chi connectivity index (χ0n) is 20.0. The van der Waals surface area contributed by atoms with Gasteiger partial charge < -0.3 is 4.74 Å². The van der Waals surface area contributed by atoms with E-state index in [-0.39, 0.29) is 17.7 Å². The number of hydrogen-bond donors (Lipinski definition) is 0. The number of halogens is 2. The number of nitrogens with zero attached hydrogens (tertiary/aromatic N) is 3. The van der Waals surface area contributed by atoms with Crippen molar-refractivity contribution in [3.05, 3.63) is 123 Å². The van der Waals surface area contributed by atoms with Gasteiger partial charge in [0.05, 0.1) is 11.1 Å². The zero-order valence-corrected chi connectivity index (χ0v) is 20.0. The predicted molar refractivity (Wildman–Crippen MR) is 136 cm³/mol. The maximum Gasteiger partial charge on any atom is 0.266 e. The van der Waals surface area contributed by atoms with Crippen molar-refractivity contribution in [3.63, 3.8) is 0 Å². The molecule has 5 rings (SSSR count). The van der Waals surface area contributed by atoms with Gasteiger partial charge in [0, 0.05) is 36.3 Å². The standard InChI is InChI=1S/C29H21F2N3O3/c1-17-14-18(2)34(21-8-6-20(30)7-9-21)29(36)27(17)24(35)16-19-5-10-25(22(31)15-19)37-26-11-13-32-23-4-3-12-33-28(23)26/h3-15H,16H2,1-2H3. The van der Waals surface area contributed by atoms with Crippen LogP contribution in [0.5, 0.6) is 11.5 Å². The van der Waals surface area contributed by atoms with Gasteiger partial charge >= 0.3 is 0 Å². The maximum absolute atomic E-state index is 14.9. The number of carbonyl (C=O) groups is 1. The van der Waals surface area contributed by atoms with Crippen molar-refractivity contribution in [1.29, 1.82) is 0 Å². The first-order valence-electron chi connectivity index (χ1n) is 11.5. The molecule has 0 N–H and O–H groups in total. The summed E-state index contributed by atoms with van der Waals surface area (Å²) in [6, 6.07) is 16.5. The van der Waals surface area contributed by atoms with Crippen molar-refractivity contribution in [3.8, 4) is 17.2 Å². The zero-order chi connectivity index (χ0) is 26.1. The molecule has 37 heavy (non-hydrogen) atoms. The Hall–Kier alpha value is -4.72. The third-order valence-corrected chi connectivity index (χ3v) is 5.99. The van der Waals surface area contributed by atoms with Gasteiger partial charge in [0.25, 0.3) is 5.56 Å². The second kappa shape index (κ2) is 9.73. The number of carbonyl (C=O) groups excluding carboxylic acids is 1. The topological polar surface area (TPSA) is 74.1 Å². The Bertz CT molecular complexity index is 1710. The van der Waals surface area contributed by atoms with E-state index < -0.39 is 23.0 Å². The molecule has 3 aromatic heterocycles. The minimum absolute atomic E-state index is 0.00462. The van der Waals surface area contributed by atoms with Crippen LogP contribution in [0.15, 0.2) is 83.9 Å². The van der Waals surface area contributed by atoms with Crippen molar-refractivity contribution in [1.82, 2.24) is 14.5 Å². The van der Waals surface area contributed by atoms with Crippen LogP contribution in [-0.2, 0) is 6.42 Å². The second-order valence-corrected chi connectivity index (χ2v) is 8.61. The van der Waals surface area contributed by atoms with Gasteiger partial charge in [-0.1, -0.05) is 6.07 Å². The average molecular weight is 498 g/mol. The van der Waals surface area contributed by atoms with E-state index in [0.717, 1.165) is 0 Å². The lowest BCUT2D eigenvalue weighted by molar-refractivity contribution is 0.0990. The van der Waals surface area contributed by atoms with Crippen LogP contribution in [-0.4, -0.2) is 20.3 Å². The first-order chi connectivity index (χ1) is 17.8. The SMILES string of the molecule is Cc1cc(C)n(-c2ccc(F)cc2)c(=O)c1C(=O)Cc1ccc(Oc2ccnc3cccnc23)c(F)c1. The third-order valence-electron chi connectivity index (χ3n) is 5.99. The average Bonchev–Trinajstić information content (AvgIpc) is 2.86. The quantitative estimate of drug-likeness (QED) is 0.273. The molecule has 2 aromatic carbocycles. The highest BCUT2D eigenvalue weighted by molar-refractivity contribution is 5.98. The van der Waals surface area contributed by atoms with Crippen LogP contribution < -0.4 is 10.3 Å². The highest BCUT2D eigenvalue weighted by Crippen LogP contribution is 2.29. The highest BCUT2D eigenvalue weighted by atomic mass is 19.1. The fourth-order valence-electron chi connectivity index (χ4n) is 4.31. The second-order valence-electron chi connectivity index (χ2n) is 8.61. The molecule has 0 radical (unpaired) electrons. The van der Waals surface area contributed by atoms with Gasteiger partial charge in [0.15, 0.2) is 23.1 Å². The molecule has 0 spiro atoms. The fraction of sp³-hybridized carbons (Fsp3) is 0.103. The van der Waals surface area contributed by atoms with Crippen LogP contribution in [0.4, 0.5) is 8.78 Å². The smallest absolute Gasteiger partial charge is 0.266 e. The van der Waals surface area contributed by atoms with Crippen LogP contribution in [0.1, 0.15) is 27.2 Å². The lowest BCUT2D eigenvalue weighted by Crippen LogP contribution is -2.29. The summed E-state index contributed by atoms with van der Waals surface area (Å²) >= 11 is 0. The molecule has 0 bridgehead atoms. The fourth-order valence-corrected chi connectivity index (χ4v) is 4.31. The highest BCUT2D eigenvalue weighted by Gasteiger charge is 2.20. The Morgan fingerprint density at radius 2 is 1.70 bits per heavy atom. The van der Waals surface area contributed by atoms with Crippen LogP contribution >= 0.6 is 0 Å². The molecule has 0 aliphatic heterocycles. The van der Waals surface area contributed by atoms with Gasteiger partial charge in [-0.3, -0.25) is 24.1 Å². The van der Waals surface area contributed by atoms with Gasteiger partial charge in [0.1, 0.15) is 11.3 Å². The molecule has 0 fully saturated rings. The van der Waals surface area contributed by atoms with Crippen LogP contribution in [0, 0.1) is 25.5 Å². The Morgan fingerprint density at radius 3 is 2.46 bits per heavy atom. The molecule has 0 aliphatic carbocycles. The Labute approximate surface area is 210 Å². The van der Waals surface area contributed by atoms with Crippen molar-refractivity contribution >= 4 is 16.8 Å². The lowest BCUT2D eigenvalue weighted by Gasteiger charge is -2.14. The number of aryl methyl sites for hydroxylation is 2. The lowest BCUT2D eigenvalue weighted by atomic mass is 9.99. The number of ketones is 1. The minimum atomic E-state index is -0.657. The number of pyridine rings is 3. The van der Waals surface area contributed by atoms with E-state index in [0.29, 0.717) is 39.3 Å². The summed E-state index contributed by atoms with van der Waals surface area (Å²) in [7, 11) is 0. The Kier molecular flexibility index (Phi) is 6.31. The summed E-state index contributed by atoms with van der Waals surface area (Å²) in [6.07, 6.45) is 2.96. The summed E-state index contributed by atoms with van der Waals surface area (Å²) in [5.41, 5.74) is 2.57. The normalized spacial score (nSPS) is 11.0. The Balaban J connectivity index is 1.42. The molecule has 5 aromatic rings. The van der Waals surface area contributed by atoms with E-state index in [4.69, 9.17) is 4.74 Å². The van der Waals surface area contributed by atoms with E-state index in [1.807, 2.05) is 0 Å². The molecule has 8 heteroatoms. The largest absolute Gasteiger partial charge is 0.452 e. The van der Waals surface area contributed by atoms with Crippen molar-refractivity contribution in [2.45, 2.75) is 20.3 Å². The molecule has 0 atom stereocenters. The molecular weight excluding hydrogens is 476 g/mol. The number of aromatic nitrogens is 3. The monoisotopic (exact) mass is 497 g/mol.